The number of thiazole rings is 1. The van der Waals surface area contributed by atoms with Gasteiger partial charge in [0.15, 0.2) is 5.69 Å². The lowest BCUT2D eigenvalue weighted by molar-refractivity contribution is 0.0776. The number of aryl methyl sites for hydroxylation is 1. The Morgan fingerprint density at radius 3 is 2.70 bits per heavy atom. The van der Waals surface area contributed by atoms with Crippen LogP contribution < -0.4 is 0 Å². The minimum Gasteiger partial charge on any atom is -0.334 e. The second kappa shape index (κ2) is 7.52. The maximum absolute atomic E-state index is 13.1. The molecule has 27 heavy (non-hydrogen) atoms. The summed E-state index contributed by atoms with van der Waals surface area (Å²) in [6.07, 6.45) is 3.05. The molecule has 0 saturated heterocycles. The smallest absolute Gasteiger partial charge is 0.276 e. The zero-order valence-corrected chi connectivity index (χ0v) is 17.6. The number of hydrogen-bond donors (Lipinski definition) is 0. The molecule has 2 heterocycles. The molecule has 0 spiro atoms. The van der Waals surface area contributed by atoms with E-state index in [-0.39, 0.29) is 5.91 Å². The quantitative estimate of drug-likeness (QED) is 0.570. The van der Waals surface area contributed by atoms with E-state index in [9.17, 15) is 4.79 Å². The van der Waals surface area contributed by atoms with E-state index in [1.807, 2.05) is 34.3 Å². The second-order valence-corrected chi connectivity index (χ2v) is 8.59. The number of hydrogen-bond acceptors (Lipinski definition) is 5. The lowest BCUT2D eigenvalue weighted by Crippen LogP contribution is -2.27. The van der Waals surface area contributed by atoms with Crippen molar-refractivity contribution in [3.05, 3.63) is 56.2 Å². The highest BCUT2D eigenvalue weighted by Crippen LogP contribution is 2.42. The number of rotatable bonds is 6. The lowest BCUT2D eigenvalue weighted by atomic mass is 10.2. The van der Waals surface area contributed by atoms with Crippen LogP contribution in [0.5, 0.6) is 0 Å². The van der Waals surface area contributed by atoms with Crippen molar-refractivity contribution in [2.45, 2.75) is 38.6 Å². The van der Waals surface area contributed by atoms with E-state index in [1.54, 1.807) is 23.3 Å². The molecule has 0 radical (unpaired) electrons. The molecule has 1 amide bonds. The molecule has 0 unspecified atom stereocenters. The van der Waals surface area contributed by atoms with Gasteiger partial charge in [-0.25, -0.2) is 9.67 Å². The summed E-state index contributed by atoms with van der Waals surface area (Å²) < 4.78 is 2.81. The van der Waals surface area contributed by atoms with Crippen molar-refractivity contribution in [1.29, 1.82) is 0 Å². The number of aromatic nitrogens is 4. The van der Waals surface area contributed by atoms with Gasteiger partial charge in [0.2, 0.25) is 0 Å². The van der Waals surface area contributed by atoms with Gasteiger partial charge >= 0.3 is 0 Å². The van der Waals surface area contributed by atoms with Crippen LogP contribution in [-0.4, -0.2) is 37.8 Å². The summed E-state index contributed by atoms with van der Waals surface area (Å²) in [6, 6.07) is 7.89. The molecule has 4 rings (SSSR count). The highest BCUT2D eigenvalue weighted by atomic mass is 79.9. The van der Waals surface area contributed by atoms with E-state index in [0.717, 1.165) is 45.8 Å². The van der Waals surface area contributed by atoms with E-state index < -0.39 is 0 Å². The minimum atomic E-state index is -0.105. The van der Waals surface area contributed by atoms with Crippen molar-refractivity contribution in [1.82, 2.24) is 24.9 Å². The standard InChI is InChI=1S/C19H20BrN5OS/c1-3-16-21-14(11-27-16)10-24(2)19(26)17-18(12-4-5-12)25(23-22-17)15-8-6-13(20)7-9-15/h6-9,11-12H,3-5,10H2,1-2H3. The van der Waals surface area contributed by atoms with Crippen molar-refractivity contribution < 1.29 is 4.79 Å². The lowest BCUT2D eigenvalue weighted by Gasteiger charge is -2.15. The molecule has 1 aliphatic rings. The van der Waals surface area contributed by atoms with E-state index in [4.69, 9.17) is 0 Å². The molecule has 0 N–H and O–H groups in total. The number of benzene rings is 1. The topological polar surface area (TPSA) is 63.9 Å². The Hall–Kier alpha value is -2.06. The van der Waals surface area contributed by atoms with E-state index in [1.165, 1.54) is 0 Å². The summed E-state index contributed by atoms with van der Waals surface area (Å²) in [5.74, 6) is 0.244. The maximum atomic E-state index is 13.1. The fourth-order valence-electron chi connectivity index (χ4n) is 3.02. The third kappa shape index (κ3) is 3.82. The molecule has 0 aliphatic heterocycles. The molecule has 0 atom stereocenters. The molecular formula is C19H20BrN5OS. The van der Waals surface area contributed by atoms with E-state index in [2.05, 4.69) is 38.1 Å². The van der Waals surface area contributed by atoms with Gasteiger partial charge in [-0.15, -0.1) is 16.4 Å². The molecular weight excluding hydrogens is 426 g/mol. The molecule has 0 bridgehead atoms. The largest absolute Gasteiger partial charge is 0.334 e. The zero-order chi connectivity index (χ0) is 19.0. The van der Waals surface area contributed by atoms with Crippen LogP contribution in [-0.2, 0) is 13.0 Å². The summed E-state index contributed by atoms with van der Waals surface area (Å²) in [4.78, 5) is 19.3. The Morgan fingerprint density at radius 2 is 2.07 bits per heavy atom. The Kier molecular flexibility index (Phi) is 5.10. The fourth-order valence-corrected chi connectivity index (χ4v) is 4.02. The van der Waals surface area contributed by atoms with Gasteiger partial charge in [0, 0.05) is 22.8 Å². The summed E-state index contributed by atoms with van der Waals surface area (Å²) in [5, 5.41) is 11.7. The average molecular weight is 446 g/mol. The van der Waals surface area contributed by atoms with E-state index in [0.29, 0.717) is 18.2 Å². The second-order valence-electron chi connectivity index (χ2n) is 6.73. The first kappa shape index (κ1) is 18.3. The number of nitrogens with zero attached hydrogens (tertiary/aromatic N) is 5. The molecule has 3 aromatic rings. The average Bonchev–Trinajstić information content (AvgIpc) is 3.25. The molecule has 140 valence electrons. The molecule has 6 nitrogen and oxygen atoms in total. The van der Waals surface area contributed by atoms with Gasteiger partial charge < -0.3 is 4.90 Å². The van der Waals surface area contributed by atoms with Crippen LogP contribution in [0.2, 0.25) is 0 Å². The first-order chi connectivity index (χ1) is 13.1. The number of carbonyl (C=O) groups excluding carboxylic acids is 1. The number of amides is 1. The third-order valence-corrected chi connectivity index (χ3v) is 6.16. The first-order valence-corrected chi connectivity index (χ1v) is 10.6. The monoisotopic (exact) mass is 445 g/mol. The van der Waals surface area contributed by atoms with Gasteiger partial charge in [0.1, 0.15) is 0 Å². The molecule has 2 aromatic heterocycles. The predicted molar refractivity (Wildman–Crippen MR) is 108 cm³/mol. The van der Waals surface area contributed by atoms with Crippen LogP contribution in [0.4, 0.5) is 0 Å². The highest BCUT2D eigenvalue weighted by molar-refractivity contribution is 9.10. The maximum Gasteiger partial charge on any atom is 0.276 e. The highest BCUT2D eigenvalue weighted by Gasteiger charge is 2.35. The predicted octanol–water partition coefficient (Wildman–Crippen LogP) is 4.20. The summed E-state index contributed by atoms with van der Waals surface area (Å²) >= 11 is 5.09. The minimum absolute atomic E-state index is 0.105. The van der Waals surface area contributed by atoms with Crippen molar-refractivity contribution in [3.8, 4) is 5.69 Å². The Morgan fingerprint density at radius 1 is 1.33 bits per heavy atom. The molecule has 1 saturated carbocycles. The molecule has 8 heteroatoms. The van der Waals surface area contributed by atoms with Crippen LogP contribution in [0.3, 0.4) is 0 Å². The Balaban J connectivity index is 1.61. The number of carbonyl (C=O) groups is 1. The Bertz CT molecular complexity index is 961. The van der Waals surface area contributed by atoms with E-state index >= 15 is 0 Å². The molecule has 1 fully saturated rings. The summed E-state index contributed by atoms with van der Waals surface area (Å²) in [5.41, 5.74) is 3.21. The van der Waals surface area contributed by atoms with Gasteiger partial charge in [0.25, 0.3) is 5.91 Å². The van der Waals surface area contributed by atoms with Crippen LogP contribution >= 0.6 is 27.3 Å². The van der Waals surface area contributed by atoms with Gasteiger partial charge in [0.05, 0.1) is 28.6 Å². The Labute approximate surface area is 170 Å². The van der Waals surface area contributed by atoms with Gasteiger partial charge in [-0.2, -0.15) is 0 Å². The summed E-state index contributed by atoms with van der Waals surface area (Å²) in [6.45, 7) is 2.56. The van der Waals surface area contributed by atoms with Crippen molar-refractivity contribution >= 4 is 33.2 Å². The summed E-state index contributed by atoms with van der Waals surface area (Å²) in [7, 11) is 1.79. The third-order valence-electron chi connectivity index (χ3n) is 4.59. The van der Waals surface area contributed by atoms with Crippen molar-refractivity contribution in [2.24, 2.45) is 0 Å². The normalized spacial score (nSPS) is 13.7. The number of halogens is 1. The van der Waals surface area contributed by atoms with Crippen molar-refractivity contribution in [2.75, 3.05) is 7.05 Å². The van der Waals surface area contributed by atoms with Gasteiger partial charge in [-0.3, -0.25) is 4.79 Å². The van der Waals surface area contributed by atoms with Gasteiger partial charge in [-0.1, -0.05) is 28.1 Å². The SMILES string of the molecule is CCc1nc(CN(C)C(=O)c2nnn(-c3ccc(Br)cc3)c2C2CC2)cs1. The zero-order valence-electron chi connectivity index (χ0n) is 15.2. The molecule has 1 aromatic carbocycles. The first-order valence-electron chi connectivity index (χ1n) is 8.97. The van der Waals surface area contributed by atoms with Crippen LogP contribution in [0.15, 0.2) is 34.1 Å². The fraction of sp³-hybridized carbons (Fsp3) is 0.368. The van der Waals surface area contributed by atoms with Crippen molar-refractivity contribution in [3.63, 3.8) is 0 Å². The van der Waals surface area contributed by atoms with Crippen LogP contribution in [0.1, 0.15) is 52.6 Å². The van der Waals surface area contributed by atoms with Crippen LogP contribution in [0, 0.1) is 0 Å². The van der Waals surface area contributed by atoms with Gasteiger partial charge in [-0.05, 0) is 43.5 Å². The van der Waals surface area contributed by atoms with Crippen LogP contribution in [0.25, 0.3) is 5.69 Å². The molecule has 1 aliphatic carbocycles.